The van der Waals surface area contributed by atoms with Crippen molar-refractivity contribution in [3.8, 4) is 0 Å². The maximum Gasteiger partial charge on any atom is 0.306 e. The summed E-state index contributed by atoms with van der Waals surface area (Å²) in [4.78, 5) is 38.5. The van der Waals surface area contributed by atoms with Crippen LogP contribution in [-0.2, 0) is 28.6 Å². The highest BCUT2D eigenvalue weighted by atomic mass is 16.6. The zero-order chi connectivity index (χ0) is 59.2. The van der Waals surface area contributed by atoms with Gasteiger partial charge < -0.3 is 14.2 Å². The van der Waals surface area contributed by atoms with Crippen molar-refractivity contribution < 1.29 is 28.6 Å². The van der Waals surface area contributed by atoms with Gasteiger partial charge in [-0.3, -0.25) is 14.4 Å². The molecule has 0 aromatic rings. The number of hydrogen-bond acceptors (Lipinski definition) is 6. The van der Waals surface area contributed by atoms with Crippen molar-refractivity contribution in [1.29, 1.82) is 0 Å². The van der Waals surface area contributed by atoms with Gasteiger partial charge in [0.1, 0.15) is 13.2 Å². The van der Waals surface area contributed by atoms with Gasteiger partial charge >= 0.3 is 17.9 Å². The van der Waals surface area contributed by atoms with Gasteiger partial charge in [-0.1, -0.05) is 372 Å². The summed E-state index contributed by atoms with van der Waals surface area (Å²) < 4.78 is 17.0. The van der Waals surface area contributed by atoms with E-state index >= 15 is 0 Å². The first-order valence-electron chi connectivity index (χ1n) is 37.0. The number of allylic oxidation sites excluding steroid dienone is 6. The van der Waals surface area contributed by atoms with Gasteiger partial charge in [0.15, 0.2) is 6.10 Å². The Balaban J connectivity index is 4.26. The Morgan fingerprint density at radius 2 is 0.439 bits per heavy atom. The number of carbonyl (C=O) groups excluding carboxylic acids is 3. The lowest BCUT2D eigenvalue weighted by atomic mass is 10.0. The number of carbonyl (C=O) groups is 3. The van der Waals surface area contributed by atoms with Crippen LogP contribution >= 0.6 is 0 Å². The minimum absolute atomic E-state index is 0.0716. The average molecular weight is 1150 g/mol. The summed E-state index contributed by atoms with van der Waals surface area (Å²) in [6.45, 7) is 6.69. The van der Waals surface area contributed by atoms with Crippen molar-refractivity contribution in [3.63, 3.8) is 0 Å². The second kappa shape index (κ2) is 71.1. The van der Waals surface area contributed by atoms with Crippen LogP contribution in [0.15, 0.2) is 36.5 Å². The molecule has 0 saturated heterocycles. The molecule has 0 heterocycles. The van der Waals surface area contributed by atoms with E-state index in [9.17, 15) is 14.4 Å². The molecule has 6 heteroatoms. The van der Waals surface area contributed by atoms with Gasteiger partial charge in [-0.25, -0.2) is 0 Å². The Labute approximate surface area is 512 Å². The normalized spacial score (nSPS) is 12.2. The van der Waals surface area contributed by atoms with Crippen molar-refractivity contribution in [2.45, 2.75) is 419 Å². The van der Waals surface area contributed by atoms with Crippen molar-refractivity contribution in [2.24, 2.45) is 0 Å². The van der Waals surface area contributed by atoms with Gasteiger partial charge in [0.25, 0.3) is 0 Å². The van der Waals surface area contributed by atoms with Crippen LogP contribution in [0.5, 0.6) is 0 Å². The summed E-state index contributed by atoms with van der Waals surface area (Å²) in [5, 5.41) is 0. The fourth-order valence-electron chi connectivity index (χ4n) is 11.3. The zero-order valence-electron chi connectivity index (χ0n) is 55.5. The Morgan fingerprint density at radius 1 is 0.244 bits per heavy atom. The molecule has 0 rings (SSSR count). The van der Waals surface area contributed by atoms with E-state index in [0.717, 1.165) is 77.0 Å². The first kappa shape index (κ1) is 79.6. The molecule has 0 aliphatic heterocycles. The number of esters is 3. The summed E-state index contributed by atoms with van der Waals surface area (Å²) in [6.07, 6.45) is 89.0. The number of unbranched alkanes of at least 4 members (excludes halogenated alkanes) is 52. The molecule has 0 N–H and O–H groups in total. The second-order valence-corrected chi connectivity index (χ2v) is 25.2. The fraction of sp³-hybridized carbons (Fsp3) is 0.882. The third-order valence-electron chi connectivity index (χ3n) is 16.9. The topological polar surface area (TPSA) is 78.9 Å². The Kier molecular flexibility index (Phi) is 69.1. The molecule has 82 heavy (non-hydrogen) atoms. The van der Waals surface area contributed by atoms with Crippen LogP contribution in [0.3, 0.4) is 0 Å². The van der Waals surface area contributed by atoms with Crippen LogP contribution in [0, 0.1) is 0 Å². The summed E-state index contributed by atoms with van der Waals surface area (Å²) >= 11 is 0. The Hall–Kier alpha value is -2.37. The first-order chi connectivity index (χ1) is 40.5. The quantitative estimate of drug-likeness (QED) is 0.0261. The molecule has 0 aromatic heterocycles. The van der Waals surface area contributed by atoms with Crippen LogP contribution in [0.4, 0.5) is 0 Å². The molecule has 482 valence electrons. The summed E-state index contributed by atoms with van der Waals surface area (Å²) in [5.74, 6) is -0.851. The maximum atomic E-state index is 13.0. The van der Waals surface area contributed by atoms with E-state index in [1.165, 1.54) is 295 Å². The lowest BCUT2D eigenvalue weighted by molar-refractivity contribution is -0.167. The lowest BCUT2D eigenvalue weighted by Crippen LogP contribution is -2.30. The van der Waals surface area contributed by atoms with Gasteiger partial charge in [0.2, 0.25) is 0 Å². The van der Waals surface area contributed by atoms with E-state index in [4.69, 9.17) is 14.2 Å². The fourth-order valence-corrected chi connectivity index (χ4v) is 11.3. The second-order valence-electron chi connectivity index (χ2n) is 25.2. The smallest absolute Gasteiger partial charge is 0.306 e. The molecular formula is C76H142O6. The Morgan fingerprint density at radius 3 is 0.707 bits per heavy atom. The van der Waals surface area contributed by atoms with Gasteiger partial charge in [-0.05, 0) is 57.8 Å². The maximum absolute atomic E-state index is 13.0. The molecule has 0 amide bonds. The number of hydrogen-bond donors (Lipinski definition) is 0. The highest BCUT2D eigenvalue weighted by molar-refractivity contribution is 5.71. The summed E-state index contributed by atoms with van der Waals surface area (Å²) in [5.41, 5.74) is 0. The Bertz CT molecular complexity index is 1370. The monoisotopic (exact) mass is 1150 g/mol. The standard InChI is InChI=1S/C76H142O6/c1-4-7-10-13-16-19-22-25-28-31-34-35-36-37-38-39-40-41-43-45-48-51-54-57-60-63-66-69-75(78)81-72-73(71-80-74(77)68-65-62-59-56-53-50-47-44-33-30-27-24-21-18-15-12-9-6-3)82-76(79)70-67-64-61-58-55-52-49-46-42-32-29-26-23-20-17-14-11-8-5-2/h17,20,26,29,42,46,73H,4-16,18-19,21-25,27-28,30-41,43-45,47-72H2,1-3H3/b20-17-,29-26-,46-42-. The van der Waals surface area contributed by atoms with E-state index in [0.29, 0.717) is 19.3 Å². The van der Waals surface area contributed by atoms with Gasteiger partial charge in [-0.2, -0.15) is 0 Å². The summed E-state index contributed by atoms with van der Waals surface area (Å²) in [6, 6.07) is 0. The molecule has 0 spiro atoms. The molecular weight excluding hydrogens is 1010 g/mol. The van der Waals surface area contributed by atoms with Crippen molar-refractivity contribution in [3.05, 3.63) is 36.5 Å². The number of rotatable bonds is 69. The van der Waals surface area contributed by atoms with Crippen LogP contribution in [0.25, 0.3) is 0 Å². The van der Waals surface area contributed by atoms with E-state index < -0.39 is 6.10 Å². The summed E-state index contributed by atoms with van der Waals surface area (Å²) in [7, 11) is 0. The molecule has 0 radical (unpaired) electrons. The minimum Gasteiger partial charge on any atom is -0.462 e. The van der Waals surface area contributed by atoms with Gasteiger partial charge in [0.05, 0.1) is 0 Å². The minimum atomic E-state index is -0.778. The van der Waals surface area contributed by atoms with E-state index in [1.54, 1.807) is 0 Å². The molecule has 0 fully saturated rings. The third-order valence-corrected chi connectivity index (χ3v) is 16.9. The first-order valence-corrected chi connectivity index (χ1v) is 37.0. The molecule has 6 nitrogen and oxygen atoms in total. The largest absolute Gasteiger partial charge is 0.462 e. The van der Waals surface area contributed by atoms with Crippen molar-refractivity contribution in [1.82, 2.24) is 0 Å². The van der Waals surface area contributed by atoms with E-state index in [1.807, 2.05) is 0 Å². The molecule has 0 bridgehead atoms. The highest BCUT2D eigenvalue weighted by Gasteiger charge is 2.20. The van der Waals surface area contributed by atoms with Crippen molar-refractivity contribution in [2.75, 3.05) is 13.2 Å². The molecule has 1 atom stereocenters. The molecule has 0 aliphatic carbocycles. The van der Waals surface area contributed by atoms with E-state index in [2.05, 4.69) is 57.2 Å². The van der Waals surface area contributed by atoms with Crippen LogP contribution in [-0.4, -0.2) is 37.2 Å². The third kappa shape index (κ3) is 68.4. The zero-order valence-corrected chi connectivity index (χ0v) is 55.5. The van der Waals surface area contributed by atoms with Crippen LogP contribution in [0.1, 0.15) is 412 Å². The predicted octanol–water partition coefficient (Wildman–Crippen LogP) is 25.5. The average Bonchev–Trinajstić information content (AvgIpc) is 3.47. The van der Waals surface area contributed by atoms with Gasteiger partial charge in [-0.15, -0.1) is 0 Å². The van der Waals surface area contributed by atoms with Crippen molar-refractivity contribution >= 4 is 17.9 Å². The lowest BCUT2D eigenvalue weighted by Gasteiger charge is -2.18. The molecule has 0 aromatic carbocycles. The number of ether oxygens (including phenoxy) is 3. The van der Waals surface area contributed by atoms with E-state index in [-0.39, 0.29) is 31.1 Å². The molecule has 0 aliphatic rings. The molecule has 1 unspecified atom stereocenters. The predicted molar refractivity (Wildman–Crippen MR) is 358 cm³/mol. The SMILES string of the molecule is CCCCC/C=C\C/C=C\C/C=C\CCCCCCCCC(=O)OC(COC(=O)CCCCCCCCCCCCCCCCCCCC)COC(=O)CCCCCCCCCCCCCCCCCCCCCCCCCCCCC. The van der Waals surface area contributed by atoms with Gasteiger partial charge in [0, 0.05) is 19.3 Å². The highest BCUT2D eigenvalue weighted by Crippen LogP contribution is 2.19. The molecule has 0 saturated carbocycles. The van der Waals surface area contributed by atoms with Crippen LogP contribution in [0.2, 0.25) is 0 Å². The van der Waals surface area contributed by atoms with Crippen LogP contribution < -0.4 is 0 Å².